The molecule has 0 aliphatic rings. The fraction of sp³-hybridized carbons (Fsp3) is 0.235. The maximum Gasteiger partial charge on any atom is 0.131 e. The van der Waals surface area contributed by atoms with E-state index >= 15 is 0 Å². The average molecular weight is 284 g/mol. The third kappa shape index (κ3) is 3.54. The molecule has 0 aromatic heterocycles. The SMILES string of the molecule is COc1ccc(C(C)=NN(C)c2ccccc2)c(OC)c1. The average Bonchev–Trinajstić information content (AvgIpc) is 2.54. The van der Waals surface area contributed by atoms with E-state index in [1.54, 1.807) is 14.2 Å². The van der Waals surface area contributed by atoms with Gasteiger partial charge < -0.3 is 9.47 Å². The number of para-hydroxylation sites is 1. The number of hydrazone groups is 1. The second kappa shape index (κ2) is 6.79. The predicted octanol–water partition coefficient (Wildman–Crippen LogP) is 3.56. The molecule has 0 fully saturated rings. The maximum absolute atomic E-state index is 5.42. The number of anilines is 1. The zero-order chi connectivity index (χ0) is 15.2. The number of hydrogen-bond acceptors (Lipinski definition) is 4. The van der Waals surface area contributed by atoms with Crippen molar-refractivity contribution < 1.29 is 9.47 Å². The number of ether oxygens (including phenoxy) is 2. The van der Waals surface area contributed by atoms with Gasteiger partial charge in [0.25, 0.3) is 0 Å². The Labute approximate surface area is 125 Å². The minimum atomic E-state index is 0.747. The number of rotatable bonds is 5. The zero-order valence-corrected chi connectivity index (χ0v) is 12.8. The molecule has 0 radical (unpaired) electrons. The van der Waals surface area contributed by atoms with Gasteiger partial charge in [0.1, 0.15) is 11.5 Å². The van der Waals surface area contributed by atoms with Crippen LogP contribution in [0, 0.1) is 0 Å². The summed E-state index contributed by atoms with van der Waals surface area (Å²) in [5.41, 5.74) is 2.85. The summed E-state index contributed by atoms with van der Waals surface area (Å²) in [6.45, 7) is 1.96. The predicted molar refractivity (Wildman–Crippen MR) is 86.6 cm³/mol. The molecule has 2 aromatic rings. The van der Waals surface area contributed by atoms with Gasteiger partial charge in [0.15, 0.2) is 0 Å². The Kier molecular flexibility index (Phi) is 4.82. The molecule has 0 aliphatic heterocycles. The van der Waals surface area contributed by atoms with E-state index in [1.807, 2.05) is 67.5 Å². The van der Waals surface area contributed by atoms with E-state index in [9.17, 15) is 0 Å². The van der Waals surface area contributed by atoms with Crippen LogP contribution in [0.25, 0.3) is 0 Å². The fourth-order valence-corrected chi connectivity index (χ4v) is 2.08. The monoisotopic (exact) mass is 284 g/mol. The Balaban J connectivity index is 2.31. The third-order valence-electron chi connectivity index (χ3n) is 3.23. The first kappa shape index (κ1) is 14.9. The van der Waals surface area contributed by atoms with Gasteiger partial charge in [-0.15, -0.1) is 0 Å². The Morgan fingerprint density at radius 3 is 2.33 bits per heavy atom. The standard InChI is InChI=1S/C17H20N2O2/c1-13(18-19(2)14-8-6-5-7-9-14)16-11-10-15(20-3)12-17(16)21-4/h5-12H,1-4H3. The highest BCUT2D eigenvalue weighted by atomic mass is 16.5. The summed E-state index contributed by atoms with van der Waals surface area (Å²) < 4.78 is 10.6. The molecule has 0 saturated heterocycles. The number of benzene rings is 2. The van der Waals surface area contributed by atoms with E-state index < -0.39 is 0 Å². The van der Waals surface area contributed by atoms with Crippen LogP contribution >= 0.6 is 0 Å². The quantitative estimate of drug-likeness (QED) is 0.622. The lowest BCUT2D eigenvalue weighted by Gasteiger charge is -2.16. The Hall–Kier alpha value is -2.49. The minimum Gasteiger partial charge on any atom is -0.497 e. The second-order valence-electron chi connectivity index (χ2n) is 4.61. The largest absolute Gasteiger partial charge is 0.497 e. The summed E-state index contributed by atoms with van der Waals surface area (Å²) >= 11 is 0. The summed E-state index contributed by atoms with van der Waals surface area (Å²) in [5, 5.41) is 6.46. The van der Waals surface area contributed by atoms with Crippen molar-refractivity contribution in [3.63, 3.8) is 0 Å². The highest BCUT2D eigenvalue weighted by molar-refractivity contribution is 6.01. The minimum absolute atomic E-state index is 0.747. The van der Waals surface area contributed by atoms with Crippen LogP contribution in [-0.4, -0.2) is 27.0 Å². The van der Waals surface area contributed by atoms with Crippen molar-refractivity contribution in [2.24, 2.45) is 5.10 Å². The summed E-state index contributed by atoms with van der Waals surface area (Å²) in [6.07, 6.45) is 0. The Morgan fingerprint density at radius 1 is 1.00 bits per heavy atom. The lowest BCUT2D eigenvalue weighted by atomic mass is 10.1. The molecule has 0 unspecified atom stereocenters. The van der Waals surface area contributed by atoms with Gasteiger partial charge in [-0.3, -0.25) is 5.01 Å². The second-order valence-corrected chi connectivity index (χ2v) is 4.61. The molecule has 0 N–H and O–H groups in total. The van der Waals surface area contributed by atoms with Crippen LogP contribution in [0.15, 0.2) is 53.6 Å². The van der Waals surface area contributed by atoms with Crippen LogP contribution in [0.2, 0.25) is 0 Å². The molecular formula is C17H20N2O2. The maximum atomic E-state index is 5.42. The first-order valence-electron chi connectivity index (χ1n) is 6.72. The van der Waals surface area contributed by atoms with Gasteiger partial charge in [0, 0.05) is 18.7 Å². The molecular weight excluding hydrogens is 264 g/mol. The van der Waals surface area contributed by atoms with Crippen molar-refractivity contribution >= 4 is 11.4 Å². The van der Waals surface area contributed by atoms with E-state index in [2.05, 4.69) is 5.10 Å². The van der Waals surface area contributed by atoms with Crippen LogP contribution in [0.5, 0.6) is 11.5 Å². The highest BCUT2D eigenvalue weighted by Crippen LogP contribution is 2.25. The fourth-order valence-electron chi connectivity index (χ4n) is 2.08. The van der Waals surface area contributed by atoms with Crippen molar-refractivity contribution in [3.05, 3.63) is 54.1 Å². The van der Waals surface area contributed by atoms with Gasteiger partial charge in [0.2, 0.25) is 0 Å². The first-order chi connectivity index (χ1) is 10.2. The first-order valence-corrected chi connectivity index (χ1v) is 6.72. The Morgan fingerprint density at radius 2 is 1.71 bits per heavy atom. The van der Waals surface area contributed by atoms with Gasteiger partial charge >= 0.3 is 0 Å². The molecule has 0 saturated carbocycles. The van der Waals surface area contributed by atoms with E-state index in [-0.39, 0.29) is 0 Å². The highest BCUT2D eigenvalue weighted by Gasteiger charge is 2.09. The van der Waals surface area contributed by atoms with Gasteiger partial charge in [-0.1, -0.05) is 18.2 Å². The summed E-state index contributed by atoms with van der Waals surface area (Å²) in [6, 6.07) is 15.7. The van der Waals surface area contributed by atoms with Gasteiger partial charge in [0.05, 0.1) is 25.6 Å². The van der Waals surface area contributed by atoms with Crippen molar-refractivity contribution in [2.45, 2.75) is 6.92 Å². The van der Waals surface area contributed by atoms with Gasteiger partial charge in [-0.25, -0.2) is 0 Å². The third-order valence-corrected chi connectivity index (χ3v) is 3.23. The number of methoxy groups -OCH3 is 2. The molecule has 0 amide bonds. The van der Waals surface area contributed by atoms with E-state index in [0.29, 0.717) is 0 Å². The van der Waals surface area contributed by atoms with Crippen molar-refractivity contribution in [3.8, 4) is 11.5 Å². The van der Waals surface area contributed by atoms with Crippen LogP contribution in [0.3, 0.4) is 0 Å². The number of hydrogen-bond donors (Lipinski definition) is 0. The molecule has 0 heterocycles. The molecule has 0 aliphatic carbocycles. The van der Waals surface area contributed by atoms with E-state index in [4.69, 9.17) is 9.47 Å². The van der Waals surface area contributed by atoms with E-state index in [1.165, 1.54) is 0 Å². The molecule has 4 nitrogen and oxygen atoms in total. The molecule has 110 valence electrons. The molecule has 0 bridgehead atoms. The molecule has 4 heteroatoms. The normalized spacial score (nSPS) is 11.1. The van der Waals surface area contributed by atoms with Crippen LogP contribution in [0.1, 0.15) is 12.5 Å². The summed E-state index contributed by atoms with van der Waals surface area (Å²) in [7, 11) is 5.21. The lowest BCUT2D eigenvalue weighted by molar-refractivity contribution is 0.394. The van der Waals surface area contributed by atoms with Gasteiger partial charge in [-0.2, -0.15) is 5.10 Å². The zero-order valence-electron chi connectivity index (χ0n) is 12.8. The van der Waals surface area contributed by atoms with Crippen molar-refractivity contribution in [1.82, 2.24) is 0 Å². The lowest BCUT2D eigenvalue weighted by Crippen LogP contribution is -2.12. The summed E-state index contributed by atoms with van der Waals surface area (Å²) in [5.74, 6) is 1.51. The van der Waals surface area contributed by atoms with Crippen LogP contribution in [0.4, 0.5) is 5.69 Å². The van der Waals surface area contributed by atoms with E-state index in [0.717, 1.165) is 28.5 Å². The van der Waals surface area contributed by atoms with Gasteiger partial charge in [-0.05, 0) is 31.2 Å². The van der Waals surface area contributed by atoms with Crippen molar-refractivity contribution in [1.29, 1.82) is 0 Å². The van der Waals surface area contributed by atoms with Crippen LogP contribution < -0.4 is 14.5 Å². The summed E-state index contributed by atoms with van der Waals surface area (Å²) in [4.78, 5) is 0. The topological polar surface area (TPSA) is 34.1 Å². The smallest absolute Gasteiger partial charge is 0.131 e. The molecule has 2 aromatic carbocycles. The molecule has 0 atom stereocenters. The number of nitrogens with zero attached hydrogens (tertiary/aromatic N) is 2. The molecule has 0 spiro atoms. The van der Waals surface area contributed by atoms with Crippen LogP contribution in [-0.2, 0) is 0 Å². The molecule has 21 heavy (non-hydrogen) atoms. The van der Waals surface area contributed by atoms with Crippen molar-refractivity contribution in [2.75, 3.05) is 26.3 Å². The molecule has 2 rings (SSSR count). The Bertz CT molecular complexity index is 624.